The van der Waals surface area contributed by atoms with Gasteiger partial charge < -0.3 is 10.2 Å². The molecule has 2 aromatic rings. The maximum absolute atomic E-state index is 12.8. The molecule has 2 aliphatic rings. The Labute approximate surface area is 162 Å². The van der Waals surface area contributed by atoms with Gasteiger partial charge in [-0.3, -0.25) is 19.6 Å². The average molecular weight is 380 g/mol. The van der Waals surface area contributed by atoms with Gasteiger partial charge in [-0.2, -0.15) is 0 Å². The van der Waals surface area contributed by atoms with E-state index in [9.17, 15) is 14.4 Å². The normalized spacial score (nSPS) is 18.4. The van der Waals surface area contributed by atoms with Crippen molar-refractivity contribution in [2.45, 2.75) is 39.0 Å². The van der Waals surface area contributed by atoms with Crippen LogP contribution in [0, 0.1) is 0 Å². The van der Waals surface area contributed by atoms with Crippen LogP contribution in [-0.2, 0) is 4.79 Å². The Morgan fingerprint density at radius 3 is 2.39 bits per heavy atom. The minimum Gasteiger partial charge on any atom is -0.372 e. The number of hydrogen-bond donors (Lipinski definition) is 3. The maximum atomic E-state index is 12.8. The fourth-order valence-corrected chi connectivity index (χ4v) is 4.29. The van der Waals surface area contributed by atoms with E-state index >= 15 is 0 Å². The van der Waals surface area contributed by atoms with Crippen LogP contribution in [0.2, 0.25) is 0 Å². The lowest BCUT2D eigenvalue weighted by atomic mass is 9.76. The lowest BCUT2D eigenvalue weighted by Crippen LogP contribution is -2.36. The Bertz CT molecular complexity index is 1060. The van der Waals surface area contributed by atoms with Crippen molar-refractivity contribution in [2.24, 2.45) is 0 Å². The van der Waals surface area contributed by atoms with Crippen LogP contribution < -0.4 is 21.5 Å². The minimum absolute atomic E-state index is 0.0582. The van der Waals surface area contributed by atoms with Gasteiger partial charge >= 0.3 is 5.69 Å². The number of nitrogens with zero attached hydrogens (tertiary/aromatic N) is 1. The van der Waals surface area contributed by atoms with Gasteiger partial charge in [-0.15, -0.1) is 0 Å². The predicted molar refractivity (Wildman–Crippen MR) is 109 cm³/mol. The summed E-state index contributed by atoms with van der Waals surface area (Å²) in [5.41, 5.74) is 2.80. The second-order valence-electron chi connectivity index (χ2n) is 7.19. The SMILES string of the molecule is CCN(CC)c1ccc(C2C3=C(CCCC3=O)Nc3[nH]c(=O)[nH]c(=O)c32)cc1. The van der Waals surface area contributed by atoms with E-state index in [0.717, 1.165) is 42.9 Å². The van der Waals surface area contributed by atoms with Crippen molar-refractivity contribution >= 4 is 17.3 Å². The van der Waals surface area contributed by atoms with Crippen LogP contribution in [0.5, 0.6) is 0 Å². The first-order valence-corrected chi connectivity index (χ1v) is 9.78. The van der Waals surface area contributed by atoms with Crippen molar-refractivity contribution in [3.05, 3.63) is 67.5 Å². The molecule has 0 bridgehead atoms. The van der Waals surface area contributed by atoms with E-state index < -0.39 is 17.2 Å². The van der Waals surface area contributed by atoms with E-state index in [1.165, 1.54) is 0 Å². The molecule has 1 aliphatic heterocycles. The van der Waals surface area contributed by atoms with E-state index in [1.54, 1.807) is 0 Å². The summed E-state index contributed by atoms with van der Waals surface area (Å²) in [6, 6.07) is 8.00. The van der Waals surface area contributed by atoms with Crippen molar-refractivity contribution < 1.29 is 4.79 Å². The molecule has 146 valence electrons. The maximum Gasteiger partial charge on any atom is 0.327 e. The molecule has 1 unspecified atom stereocenters. The Morgan fingerprint density at radius 2 is 1.71 bits per heavy atom. The third kappa shape index (κ3) is 2.96. The summed E-state index contributed by atoms with van der Waals surface area (Å²) in [6.45, 7) is 6.02. The summed E-state index contributed by atoms with van der Waals surface area (Å²) >= 11 is 0. The number of aromatic amines is 2. The molecule has 7 nitrogen and oxygen atoms in total. The van der Waals surface area contributed by atoms with Gasteiger partial charge in [0.1, 0.15) is 5.82 Å². The second kappa shape index (κ2) is 7.14. The van der Waals surface area contributed by atoms with Crippen molar-refractivity contribution in [3.8, 4) is 0 Å². The van der Waals surface area contributed by atoms with Crippen LogP contribution in [0.25, 0.3) is 0 Å². The monoisotopic (exact) mass is 380 g/mol. The molecule has 0 saturated carbocycles. The van der Waals surface area contributed by atoms with Crippen molar-refractivity contribution in [1.82, 2.24) is 9.97 Å². The number of rotatable bonds is 4. The highest BCUT2D eigenvalue weighted by Crippen LogP contribution is 2.43. The highest BCUT2D eigenvalue weighted by molar-refractivity contribution is 6.00. The fraction of sp³-hybridized carbons (Fsp3) is 0.381. The number of nitrogens with one attached hydrogen (secondary N) is 3. The molecular weight excluding hydrogens is 356 g/mol. The molecule has 0 saturated heterocycles. The van der Waals surface area contributed by atoms with Crippen LogP contribution in [-0.4, -0.2) is 28.8 Å². The van der Waals surface area contributed by atoms with E-state index in [1.807, 2.05) is 24.3 Å². The third-order valence-corrected chi connectivity index (χ3v) is 5.64. The number of anilines is 2. The summed E-state index contributed by atoms with van der Waals surface area (Å²) in [5.74, 6) is -0.0340. The first-order chi connectivity index (χ1) is 13.5. The molecule has 4 rings (SSSR count). The van der Waals surface area contributed by atoms with Gasteiger partial charge in [0.2, 0.25) is 0 Å². The number of Topliss-reactive ketones (excluding diaryl/α,β-unsaturated/α-hetero) is 1. The van der Waals surface area contributed by atoms with Crippen LogP contribution >= 0.6 is 0 Å². The number of benzene rings is 1. The molecule has 0 fully saturated rings. The van der Waals surface area contributed by atoms with E-state index in [2.05, 4.69) is 34.0 Å². The molecule has 1 aromatic heterocycles. The van der Waals surface area contributed by atoms with Crippen LogP contribution in [0.1, 0.15) is 50.2 Å². The number of ketones is 1. The van der Waals surface area contributed by atoms with Gasteiger partial charge in [0, 0.05) is 42.4 Å². The highest BCUT2D eigenvalue weighted by Gasteiger charge is 2.37. The predicted octanol–water partition coefficient (Wildman–Crippen LogP) is 2.47. The van der Waals surface area contributed by atoms with Gasteiger partial charge in [0.15, 0.2) is 5.78 Å². The van der Waals surface area contributed by atoms with Crippen molar-refractivity contribution in [3.63, 3.8) is 0 Å². The van der Waals surface area contributed by atoms with Crippen LogP contribution in [0.4, 0.5) is 11.5 Å². The van der Waals surface area contributed by atoms with Gasteiger partial charge in [-0.1, -0.05) is 12.1 Å². The van der Waals surface area contributed by atoms with E-state index in [0.29, 0.717) is 23.4 Å². The fourth-order valence-electron chi connectivity index (χ4n) is 4.29. The van der Waals surface area contributed by atoms with Crippen molar-refractivity contribution in [2.75, 3.05) is 23.3 Å². The smallest absolute Gasteiger partial charge is 0.327 e. The Balaban J connectivity index is 1.88. The average Bonchev–Trinajstić information content (AvgIpc) is 2.68. The quantitative estimate of drug-likeness (QED) is 0.757. The Morgan fingerprint density at radius 1 is 1.00 bits per heavy atom. The summed E-state index contributed by atoms with van der Waals surface area (Å²) in [5, 5.41) is 3.13. The number of H-pyrrole nitrogens is 2. The minimum atomic E-state index is -0.557. The van der Waals surface area contributed by atoms with Gasteiger partial charge in [-0.25, -0.2) is 4.79 Å². The van der Waals surface area contributed by atoms with E-state index in [4.69, 9.17) is 0 Å². The second-order valence-corrected chi connectivity index (χ2v) is 7.19. The third-order valence-electron chi connectivity index (χ3n) is 5.64. The summed E-state index contributed by atoms with van der Waals surface area (Å²) in [4.78, 5) is 44.4. The molecule has 1 atom stereocenters. The summed E-state index contributed by atoms with van der Waals surface area (Å²) in [6.07, 6.45) is 1.97. The molecule has 1 aliphatic carbocycles. The summed E-state index contributed by atoms with van der Waals surface area (Å²) < 4.78 is 0. The number of hydrogen-bond acceptors (Lipinski definition) is 5. The molecule has 1 aromatic carbocycles. The van der Waals surface area contributed by atoms with Crippen LogP contribution in [0.15, 0.2) is 45.1 Å². The molecule has 7 heteroatoms. The topological polar surface area (TPSA) is 98.1 Å². The molecule has 0 amide bonds. The highest BCUT2D eigenvalue weighted by atomic mass is 16.2. The van der Waals surface area contributed by atoms with Crippen LogP contribution in [0.3, 0.4) is 0 Å². The Hall–Kier alpha value is -3.09. The lowest BCUT2D eigenvalue weighted by Gasteiger charge is -2.33. The standard InChI is InChI=1S/C21H24N4O3/c1-3-25(4-2)13-10-8-12(9-11-13)16-17-14(6-5-7-15(17)26)22-19-18(16)20(27)24-21(28)23-19/h8-11,16H,3-7H2,1-2H3,(H3,22,23,24,27,28). The molecule has 0 radical (unpaired) electrons. The number of allylic oxidation sites excluding steroid dienone is 2. The van der Waals surface area contributed by atoms with Gasteiger partial charge in [0.25, 0.3) is 5.56 Å². The zero-order chi connectivity index (χ0) is 19.8. The molecule has 3 N–H and O–H groups in total. The molecule has 2 heterocycles. The summed E-state index contributed by atoms with van der Waals surface area (Å²) in [7, 11) is 0. The number of fused-ring (bicyclic) bond motifs is 1. The van der Waals surface area contributed by atoms with Gasteiger partial charge in [-0.05, 0) is 44.4 Å². The number of carbonyl (C=O) groups is 1. The number of carbonyl (C=O) groups excluding carboxylic acids is 1. The Kier molecular flexibility index (Phi) is 4.66. The molecular formula is C21H24N4O3. The molecule has 28 heavy (non-hydrogen) atoms. The van der Waals surface area contributed by atoms with Crippen molar-refractivity contribution in [1.29, 1.82) is 0 Å². The zero-order valence-corrected chi connectivity index (χ0v) is 16.1. The molecule has 0 spiro atoms. The largest absolute Gasteiger partial charge is 0.372 e. The van der Waals surface area contributed by atoms with Gasteiger partial charge in [0.05, 0.1) is 5.56 Å². The number of aromatic nitrogens is 2. The lowest BCUT2D eigenvalue weighted by molar-refractivity contribution is -0.116. The van der Waals surface area contributed by atoms with E-state index in [-0.39, 0.29) is 5.78 Å². The first-order valence-electron chi connectivity index (χ1n) is 9.78. The first kappa shape index (κ1) is 18.3. The zero-order valence-electron chi connectivity index (χ0n) is 16.1.